The molecule has 86 valence electrons. The molecule has 0 unspecified atom stereocenters. The van der Waals surface area contributed by atoms with Gasteiger partial charge < -0.3 is 11.1 Å². The molecule has 0 amide bonds. The highest BCUT2D eigenvalue weighted by Crippen LogP contribution is 2.16. The van der Waals surface area contributed by atoms with E-state index in [1.54, 1.807) is 30.5 Å². The Bertz CT molecular complexity index is 557. The Morgan fingerprint density at radius 1 is 1.29 bits per heavy atom. The van der Waals surface area contributed by atoms with Gasteiger partial charge in [0, 0.05) is 17.4 Å². The first-order chi connectivity index (χ1) is 8.15. The minimum absolute atomic E-state index is 0.301. The van der Waals surface area contributed by atoms with E-state index in [1.165, 1.54) is 12.1 Å². The van der Waals surface area contributed by atoms with Crippen molar-refractivity contribution in [3.8, 4) is 0 Å². The standard InChI is InChI=1S/C12H10FN3S/c13-9-2-1-3-10(7-9)16-11-6-8(12(14)17)4-5-15-11/h1-7H,(H2,14,17)(H,15,16). The fraction of sp³-hybridized carbons (Fsp3) is 0. The molecule has 0 aliphatic heterocycles. The lowest BCUT2D eigenvalue weighted by molar-refractivity contribution is 0.628. The van der Waals surface area contributed by atoms with Crippen molar-refractivity contribution in [3.63, 3.8) is 0 Å². The summed E-state index contributed by atoms with van der Waals surface area (Å²) in [4.78, 5) is 4.40. The fourth-order valence-electron chi connectivity index (χ4n) is 1.37. The van der Waals surface area contributed by atoms with Crippen molar-refractivity contribution in [1.82, 2.24) is 4.98 Å². The second kappa shape index (κ2) is 4.88. The third-order valence-corrected chi connectivity index (χ3v) is 2.38. The highest BCUT2D eigenvalue weighted by molar-refractivity contribution is 7.80. The average Bonchev–Trinajstić information content (AvgIpc) is 2.29. The molecule has 17 heavy (non-hydrogen) atoms. The van der Waals surface area contributed by atoms with Crippen molar-refractivity contribution in [2.75, 3.05) is 5.32 Å². The van der Waals surface area contributed by atoms with Crippen LogP contribution >= 0.6 is 12.2 Å². The molecule has 0 radical (unpaired) electrons. The zero-order valence-corrected chi connectivity index (χ0v) is 9.67. The summed E-state index contributed by atoms with van der Waals surface area (Å²) < 4.78 is 13.0. The van der Waals surface area contributed by atoms with Gasteiger partial charge in [-0.1, -0.05) is 18.3 Å². The maximum atomic E-state index is 13.0. The van der Waals surface area contributed by atoms with Crippen LogP contribution in [-0.2, 0) is 0 Å². The van der Waals surface area contributed by atoms with Crippen molar-refractivity contribution < 1.29 is 4.39 Å². The molecular formula is C12H10FN3S. The van der Waals surface area contributed by atoms with Gasteiger partial charge in [-0.25, -0.2) is 9.37 Å². The second-order valence-corrected chi connectivity index (χ2v) is 3.87. The van der Waals surface area contributed by atoms with Gasteiger partial charge in [0.1, 0.15) is 16.6 Å². The van der Waals surface area contributed by atoms with Gasteiger partial charge in [0.25, 0.3) is 0 Å². The van der Waals surface area contributed by atoms with Crippen molar-refractivity contribution in [2.24, 2.45) is 5.73 Å². The number of nitrogens with two attached hydrogens (primary N) is 1. The number of hydrogen-bond donors (Lipinski definition) is 2. The Kier molecular flexibility index (Phi) is 3.30. The van der Waals surface area contributed by atoms with Crippen LogP contribution in [0, 0.1) is 5.82 Å². The van der Waals surface area contributed by atoms with E-state index < -0.39 is 0 Å². The van der Waals surface area contributed by atoms with Crippen molar-refractivity contribution in [1.29, 1.82) is 0 Å². The molecule has 5 heteroatoms. The van der Waals surface area contributed by atoms with Gasteiger partial charge >= 0.3 is 0 Å². The Hall–Kier alpha value is -2.01. The van der Waals surface area contributed by atoms with Crippen LogP contribution in [0.4, 0.5) is 15.9 Å². The van der Waals surface area contributed by atoms with Gasteiger partial charge in [-0.2, -0.15) is 0 Å². The van der Waals surface area contributed by atoms with Crippen LogP contribution in [0.1, 0.15) is 5.56 Å². The second-order valence-electron chi connectivity index (χ2n) is 3.43. The van der Waals surface area contributed by atoms with E-state index in [-0.39, 0.29) is 5.82 Å². The molecule has 0 atom stereocenters. The summed E-state index contributed by atoms with van der Waals surface area (Å²) in [5, 5.41) is 2.97. The average molecular weight is 247 g/mol. The molecule has 1 aromatic carbocycles. The number of aromatic nitrogens is 1. The third-order valence-electron chi connectivity index (χ3n) is 2.14. The van der Waals surface area contributed by atoms with Gasteiger partial charge in [0.2, 0.25) is 0 Å². The minimum Gasteiger partial charge on any atom is -0.389 e. The van der Waals surface area contributed by atoms with Crippen LogP contribution in [0.5, 0.6) is 0 Å². The molecule has 0 saturated heterocycles. The monoisotopic (exact) mass is 247 g/mol. The highest BCUT2D eigenvalue weighted by Gasteiger charge is 2.00. The summed E-state index contributed by atoms with van der Waals surface area (Å²) in [6, 6.07) is 9.57. The molecule has 0 aliphatic rings. The summed E-state index contributed by atoms with van der Waals surface area (Å²) in [5.74, 6) is 0.265. The molecule has 1 heterocycles. The minimum atomic E-state index is -0.305. The van der Waals surface area contributed by atoms with Crippen molar-refractivity contribution in [2.45, 2.75) is 0 Å². The lowest BCUT2D eigenvalue weighted by atomic mass is 10.2. The Labute approximate surface area is 103 Å². The smallest absolute Gasteiger partial charge is 0.130 e. The lowest BCUT2D eigenvalue weighted by Crippen LogP contribution is -2.09. The van der Waals surface area contributed by atoms with Crippen LogP contribution < -0.4 is 11.1 Å². The number of thiocarbonyl (C=S) groups is 1. The van der Waals surface area contributed by atoms with Crippen LogP contribution in [-0.4, -0.2) is 9.97 Å². The van der Waals surface area contributed by atoms with E-state index in [2.05, 4.69) is 10.3 Å². The maximum Gasteiger partial charge on any atom is 0.130 e. The van der Waals surface area contributed by atoms with Gasteiger partial charge in [0.15, 0.2) is 0 Å². The Balaban J connectivity index is 2.24. The van der Waals surface area contributed by atoms with E-state index in [9.17, 15) is 4.39 Å². The number of pyridine rings is 1. The van der Waals surface area contributed by atoms with Gasteiger partial charge in [0.05, 0.1) is 0 Å². The van der Waals surface area contributed by atoms with Crippen molar-refractivity contribution in [3.05, 3.63) is 54.0 Å². The number of rotatable bonds is 3. The predicted molar refractivity (Wildman–Crippen MR) is 69.8 cm³/mol. The Morgan fingerprint density at radius 3 is 2.82 bits per heavy atom. The SMILES string of the molecule is NC(=S)c1ccnc(Nc2cccc(F)c2)c1. The topological polar surface area (TPSA) is 50.9 Å². The molecule has 1 aromatic heterocycles. The number of nitrogens with zero attached hydrogens (tertiary/aromatic N) is 1. The largest absolute Gasteiger partial charge is 0.389 e. The molecule has 0 bridgehead atoms. The van der Waals surface area contributed by atoms with Gasteiger partial charge in [-0.15, -0.1) is 0 Å². The number of benzene rings is 1. The molecular weight excluding hydrogens is 237 g/mol. The fourth-order valence-corrected chi connectivity index (χ4v) is 1.49. The summed E-state index contributed by atoms with van der Waals surface area (Å²) >= 11 is 4.87. The number of halogens is 1. The number of nitrogens with one attached hydrogen (secondary N) is 1. The van der Waals surface area contributed by atoms with E-state index in [1.807, 2.05) is 0 Å². The predicted octanol–water partition coefficient (Wildman–Crippen LogP) is 2.60. The number of anilines is 2. The van der Waals surface area contributed by atoms with Crippen LogP contribution in [0.25, 0.3) is 0 Å². The lowest BCUT2D eigenvalue weighted by Gasteiger charge is -2.06. The van der Waals surface area contributed by atoms with Gasteiger partial charge in [-0.3, -0.25) is 0 Å². The normalized spacial score (nSPS) is 9.94. The molecule has 3 nitrogen and oxygen atoms in total. The van der Waals surface area contributed by atoms with Crippen LogP contribution in [0.15, 0.2) is 42.6 Å². The summed E-state index contributed by atoms with van der Waals surface area (Å²) in [6.45, 7) is 0. The maximum absolute atomic E-state index is 13.0. The quantitative estimate of drug-likeness (QED) is 0.819. The molecule has 0 fully saturated rings. The summed E-state index contributed by atoms with van der Waals surface area (Å²) in [7, 11) is 0. The first-order valence-electron chi connectivity index (χ1n) is 4.93. The zero-order valence-electron chi connectivity index (χ0n) is 8.85. The zero-order chi connectivity index (χ0) is 12.3. The van der Waals surface area contributed by atoms with Gasteiger partial charge in [-0.05, 0) is 30.3 Å². The molecule has 2 rings (SSSR count). The first-order valence-corrected chi connectivity index (χ1v) is 5.34. The highest BCUT2D eigenvalue weighted by atomic mass is 32.1. The van der Waals surface area contributed by atoms with Crippen molar-refractivity contribution >= 4 is 28.7 Å². The van der Waals surface area contributed by atoms with E-state index in [0.717, 1.165) is 0 Å². The van der Waals surface area contributed by atoms with Crippen LogP contribution in [0.2, 0.25) is 0 Å². The van der Waals surface area contributed by atoms with E-state index >= 15 is 0 Å². The van der Waals surface area contributed by atoms with Crippen LogP contribution in [0.3, 0.4) is 0 Å². The number of hydrogen-bond acceptors (Lipinski definition) is 3. The molecule has 0 spiro atoms. The molecule has 0 saturated carbocycles. The molecule has 3 N–H and O–H groups in total. The van der Waals surface area contributed by atoms with E-state index in [4.69, 9.17) is 18.0 Å². The third kappa shape index (κ3) is 2.98. The summed E-state index contributed by atoms with van der Waals surface area (Å²) in [5.41, 5.74) is 6.86. The van der Waals surface area contributed by atoms with E-state index in [0.29, 0.717) is 22.1 Å². The first kappa shape index (κ1) is 11.5. The molecule has 2 aromatic rings. The summed E-state index contributed by atoms with van der Waals surface area (Å²) in [6.07, 6.45) is 1.59. The molecule has 0 aliphatic carbocycles. The Morgan fingerprint density at radius 2 is 2.12 bits per heavy atom.